The van der Waals surface area contributed by atoms with Crippen molar-refractivity contribution < 1.29 is 9.59 Å². The Balaban J connectivity index is 2.44. The average molecular weight is 271 g/mol. The van der Waals surface area contributed by atoms with Crippen molar-refractivity contribution in [1.29, 1.82) is 0 Å². The fourth-order valence-electron chi connectivity index (χ4n) is 1.83. The number of nitrogens with one attached hydrogen (secondary N) is 1. The summed E-state index contributed by atoms with van der Waals surface area (Å²) in [5, 5.41) is 1.50. The van der Waals surface area contributed by atoms with Gasteiger partial charge < -0.3 is 0 Å². The van der Waals surface area contributed by atoms with Crippen LogP contribution in [0.15, 0.2) is 48.5 Å². The van der Waals surface area contributed by atoms with Crippen LogP contribution in [0, 0.1) is 6.92 Å². The lowest BCUT2D eigenvalue weighted by Crippen LogP contribution is -2.26. The van der Waals surface area contributed by atoms with Gasteiger partial charge in [0.1, 0.15) is 0 Å². The average Bonchev–Trinajstić information content (AvgIpc) is 2.39. The molecule has 0 atom stereocenters. The number of aryl methyl sites for hydroxylation is 1. The molecule has 0 aliphatic carbocycles. The lowest BCUT2D eigenvalue weighted by Gasteiger charge is -2.09. The monoisotopic (exact) mass is 271 g/mol. The fraction of sp³-hybridized carbons (Fsp3) is 0.0667. The molecule has 0 bridgehead atoms. The predicted octanol–water partition coefficient (Wildman–Crippen LogP) is 3.44. The topological polar surface area (TPSA) is 46.2 Å². The first-order chi connectivity index (χ1) is 9.08. The van der Waals surface area contributed by atoms with Crippen molar-refractivity contribution in [2.75, 3.05) is 0 Å². The van der Waals surface area contributed by atoms with Gasteiger partial charge in [-0.1, -0.05) is 60.7 Å². The quantitative estimate of drug-likeness (QED) is 0.822. The molecule has 3 nitrogen and oxygen atoms in total. The molecule has 2 aromatic rings. The van der Waals surface area contributed by atoms with Crippen LogP contribution in [0.2, 0.25) is 0 Å². The minimum Gasteiger partial charge on any atom is -0.283 e. The number of carbonyl (C=O) groups is 2. The minimum absolute atomic E-state index is 0.448. The number of thiol groups is 1. The summed E-state index contributed by atoms with van der Waals surface area (Å²) in [4.78, 5) is 22.8. The molecule has 0 aliphatic rings. The van der Waals surface area contributed by atoms with E-state index in [1.165, 1.54) is 0 Å². The molecule has 19 heavy (non-hydrogen) atoms. The van der Waals surface area contributed by atoms with Crippen molar-refractivity contribution in [3.63, 3.8) is 0 Å². The second-order valence-corrected chi connectivity index (χ2v) is 4.58. The Morgan fingerprint density at radius 1 is 1.00 bits per heavy atom. The molecule has 0 aromatic heterocycles. The van der Waals surface area contributed by atoms with Crippen LogP contribution in [0.25, 0.3) is 11.1 Å². The zero-order valence-electron chi connectivity index (χ0n) is 10.4. The maximum atomic E-state index is 11.9. The molecule has 0 saturated heterocycles. The maximum Gasteiger partial charge on any atom is 0.282 e. The van der Waals surface area contributed by atoms with E-state index in [-0.39, 0.29) is 0 Å². The maximum absolute atomic E-state index is 11.9. The van der Waals surface area contributed by atoms with Gasteiger partial charge >= 0.3 is 0 Å². The molecule has 0 fully saturated rings. The Labute approximate surface area is 117 Å². The van der Waals surface area contributed by atoms with Crippen LogP contribution < -0.4 is 5.32 Å². The number of benzene rings is 2. The number of hydrogen-bond donors (Lipinski definition) is 2. The minimum atomic E-state index is -0.663. The van der Waals surface area contributed by atoms with E-state index in [0.29, 0.717) is 5.56 Å². The molecule has 0 radical (unpaired) electrons. The number of carbonyl (C=O) groups excluding carboxylic acids is 2. The van der Waals surface area contributed by atoms with Gasteiger partial charge in [-0.2, -0.15) is 0 Å². The molecule has 4 heteroatoms. The standard InChI is InChI=1S/C15H13NO2S/c1-10-6-8-11(9-7-10)12-4-2-3-5-13(12)14(17)16-15(18)19/h2-9H,1H3,(H2,16,17,18,19). The molecule has 0 aliphatic heterocycles. The van der Waals surface area contributed by atoms with E-state index in [9.17, 15) is 9.59 Å². The molecular formula is C15H13NO2S. The normalized spacial score (nSPS) is 10.0. The van der Waals surface area contributed by atoms with Gasteiger partial charge in [0, 0.05) is 5.56 Å². The Hall–Kier alpha value is -2.07. The lowest BCUT2D eigenvalue weighted by molar-refractivity contribution is 0.0970. The van der Waals surface area contributed by atoms with E-state index in [4.69, 9.17) is 0 Å². The van der Waals surface area contributed by atoms with E-state index in [1.807, 2.05) is 43.3 Å². The summed E-state index contributed by atoms with van der Waals surface area (Å²) in [6, 6.07) is 15.0. The molecule has 0 heterocycles. The first-order valence-electron chi connectivity index (χ1n) is 5.78. The van der Waals surface area contributed by atoms with Gasteiger partial charge in [-0.15, -0.1) is 0 Å². The first-order valence-corrected chi connectivity index (χ1v) is 6.23. The highest BCUT2D eigenvalue weighted by Crippen LogP contribution is 2.24. The molecule has 2 rings (SSSR count). The number of rotatable bonds is 2. The van der Waals surface area contributed by atoms with Crippen LogP contribution in [0.3, 0.4) is 0 Å². The summed E-state index contributed by atoms with van der Waals surface area (Å²) in [7, 11) is 0. The lowest BCUT2D eigenvalue weighted by atomic mass is 9.98. The van der Waals surface area contributed by atoms with Gasteiger partial charge in [0.25, 0.3) is 11.1 Å². The molecule has 0 saturated carbocycles. The molecule has 2 aromatic carbocycles. The summed E-state index contributed by atoms with van der Waals surface area (Å²) < 4.78 is 0. The molecular weight excluding hydrogens is 258 g/mol. The van der Waals surface area contributed by atoms with Crippen molar-refractivity contribution >= 4 is 23.8 Å². The number of amides is 2. The number of imide groups is 1. The van der Waals surface area contributed by atoms with E-state index in [2.05, 4.69) is 17.9 Å². The Morgan fingerprint density at radius 2 is 1.63 bits per heavy atom. The summed E-state index contributed by atoms with van der Waals surface area (Å²) >= 11 is 3.55. The van der Waals surface area contributed by atoms with Gasteiger partial charge in [0.05, 0.1) is 0 Å². The fourth-order valence-corrected chi connectivity index (χ4v) is 1.93. The van der Waals surface area contributed by atoms with Crippen LogP contribution in [-0.4, -0.2) is 11.1 Å². The van der Waals surface area contributed by atoms with Crippen molar-refractivity contribution in [2.45, 2.75) is 6.92 Å². The highest BCUT2D eigenvalue weighted by molar-refractivity contribution is 7.96. The third kappa shape index (κ3) is 3.23. The predicted molar refractivity (Wildman–Crippen MR) is 78.5 cm³/mol. The Morgan fingerprint density at radius 3 is 2.26 bits per heavy atom. The van der Waals surface area contributed by atoms with Gasteiger partial charge in [-0.05, 0) is 24.1 Å². The SMILES string of the molecule is Cc1ccc(-c2ccccc2C(=O)NC(=O)S)cc1. The Kier molecular flexibility index (Phi) is 4.02. The third-order valence-electron chi connectivity index (χ3n) is 2.75. The summed E-state index contributed by atoms with van der Waals surface area (Å²) in [6.07, 6.45) is 0. The second kappa shape index (κ2) is 5.71. The second-order valence-electron chi connectivity index (χ2n) is 4.17. The van der Waals surface area contributed by atoms with Crippen LogP contribution in [0.1, 0.15) is 15.9 Å². The largest absolute Gasteiger partial charge is 0.283 e. The summed E-state index contributed by atoms with van der Waals surface area (Å²) in [6.45, 7) is 2.00. The third-order valence-corrected chi connectivity index (χ3v) is 2.87. The smallest absolute Gasteiger partial charge is 0.282 e. The first kappa shape index (κ1) is 13.4. The van der Waals surface area contributed by atoms with E-state index in [1.54, 1.807) is 12.1 Å². The van der Waals surface area contributed by atoms with Crippen molar-refractivity contribution in [3.05, 3.63) is 59.7 Å². The molecule has 2 amide bonds. The Bertz CT molecular complexity index is 620. The van der Waals surface area contributed by atoms with E-state index in [0.717, 1.165) is 16.7 Å². The van der Waals surface area contributed by atoms with E-state index < -0.39 is 11.1 Å². The molecule has 1 N–H and O–H groups in total. The summed E-state index contributed by atoms with van der Waals surface area (Å²) in [5.41, 5.74) is 3.32. The van der Waals surface area contributed by atoms with Gasteiger partial charge in [0.2, 0.25) is 0 Å². The molecule has 96 valence electrons. The van der Waals surface area contributed by atoms with Crippen LogP contribution >= 0.6 is 12.6 Å². The van der Waals surface area contributed by atoms with Crippen LogP contribution in [0.5, 0.6) is 0 Å². The highest BCUT2D eigenvalue weighted by Gasteiger charge is 2.13. The van der Waals surface area contributed by atoms with Crippen LogP contribution in [0.4, 0.5) is 4.79 Å². The zero-order valence-corrected chi connectivity index (χ0v) is 11.3. The molecule has 0 unspecified atom stereocenters. The number of hydrogen-bond acceptors (Lipinski definition) is 2. The van der Waals surface area contributed by atoms with Crippen LogP contribution in [-0.2, 0) is 0 Å². The zero-order chi connectivity index (χ0) is 13.8. The highest BCUT2D eigenvalue weighted by atomic mass is 32.1. The summed E-state index contributed by atoms with van der Waals surface area (Å²) in [5.74, 6) is -0.448. The van der Waals surface area contributed by atoms with Gasteiger partial charge in [0.15, 0.2) is 0 Å². The van der Waals surface area contributed by atoms with Crippen molar-refractivity contribution in [1.82, 2.24) is 5.32 Å². The van der Waals surface area contributed by atoms with Crippen molar-refractivity contribution in [2.24, 2.45) is 0 Å². The van der Waals surface area contributed by atoms with Gasteiger partial charge in [-0.3, -0.25) is 14.9 Å². The van der Waals surface area contributed by atoms with Gasteiger partial charge in [-0.25, -0.2) is 0 Å². The van der Waals surface area contributed by atoms with Crippen molar-refractivity contribution in [3.8, 4) is 11.1 Å². The van der Waals surface area contributed by atoms with E-state index >= 15 is 0 Å². The molecule has 0 spiro atoms.